The molecule has 118 valence electrons. The second kappa shape index (κ2) is 6.46. The molecule has 3 heteroatoms. The highest BCUT2D eigenvalue weighted by molar-refractivity contribution is 5.69. The van der Waals surface area contributed by atoms with Crippen LogP contribution in [0.3, 0.4) is 0 Å². The Hall–Kier alpha value is -0.570. The molecule has 0 saturated heterocycles. The molecule has 1 N–H and O–H groups in total. The van der Waals surface area contributed by atoms with E-state index in [0.29, 0.717) is 11.3 Å². The normalized spacial score (nSPS) is 24.9. The summed E-state index contributed by atoms with van der Waals surface area (Å²) in [4.78, 5) is 13.2. The first-order chi connectivity index (χ1) is 9.00. The number of carbonyl (C=O) groups is 1. The Kier molecular flexibility index (Phi) is 5.65. The minimum Gasteiger partial charge on any atom is -0.480 e. The van der Waals surface area contributed by atoms with E-state index < -0.39 is 5.97 Å². The van der Waals surface area contributed by atoms with Crippen LogP contribution in [-0.4, -0.2) is 34.6 Å². The maximum atomic E-state index is 11.0. The van der Waals surface area contributed by atoms with E-state index in [2.05, 4.69) is 46.4 Å². The molecule has 1 aliphatic rings. The molecule has 0 amide bonds. The van der Waals surface area contributed by atoms with Crippen LogP contribution in [0.5, 0.6) is 0 Å². The number of carboxylic acid groups (broad SMARTS) is 1. The van der Waals surface area contributed by atoms with Gasteiger partial charge in [0.05, 0.1) is 6.54 Å². The molecule has 0 radical (unpaired) electrons. The minimum absolute atomic E-state index is 0.0702. The van der Waals surface area contributed by atoms with Crippen molar-refractivity contribution in [2.45, 2.75) is 72.8 Å². The minimum atomic E-state index is -0.719. The van der Waals surface area contributed by atoms with E-state index in [0.717, 1.165) is 12.5 Å². The fourth-order valence-electron chi connectivity index (χ4n) is 3.26. The first kappa shape index (κ1) is 17.5. The summed E-state index contributed by atoms with van der Waals surface area (Å²) in [5, 5.41) is 9.08. The quantitative estimate of drug-likeness (QED) is 0.847. The third-order valence-corrected chi connectivity index (χ3v) is 4.82. The van der Waals surface area contributed by atoms with E-state index in [4.69, 9.17) is 5.11 Å². The van der Waals surface area contributed by atoms with E-state index in [-0.39, 0.29) is 12.1 Å². The Morgan fingerprint density at radius 2 is 1.55 bits per heavy atom. The van der Waals surface area contributed by atoms with Crippen molar-refractivity contribution >= 4 is 5.97 Å². The molecule has 0 aromatic heterocycles. The number of nitrogens with zero attached hydrogens (tertiary/aromatic N) is 1. The standard InChI is InChI=1S/C17H33NO2/c1-16(2,3)14-9-7-13(8-10-14)11-18(12-15(19)20)17(4,5)6/h13-14H,7-12H2,1-6H3,(H,19,20). The van der Waals surface area contributed by atoms with E-state index in [1.165, 1.54) is 25.7 Å². The van der Waals surface area contributed by atoms with Crippen molar-refractivity contribution in [2.24, 2.45) is 17.3 Å². The smallest absolute Gasteiger partial charge is 0.317 e. The van der Waals surface area contributed by atoms with Gasteiger partial charge in [0.2, 0.25) is 0 Å². The Balaban J connectivity index is 2.54. The lowest BCUT2D eigenvalue weighted by atomic mass is 9.69. The highest BCUT2D eigenvalue weighted by Crippen LogP contribution is 2.40. The third-order valence-electron chi connectivity index (χ3n) is 4.82. The van der Waals surface area contributed by atoms with E-state index in [9.17, 15) is 4.79 Å². The number of aliphatic carboxylic acids is 1. The molecule has 0 spiro atoms. The van der Waals surface area contributed by atoms with Gasteiger partial charge in [0.25, 0.3) is 0 Å². The van der Waals surface area contributed by atoms with Crippen LogP contribution in [0.25, 0.3) is 0 Å². The molecule has 1 saturated carbocycles. The topological polar surface area (TPSA) is 40.5 Å². The Bertz CT molecular complexity index is 317. The average molecular weight is 283 g/mol. The number of hydrogen-bond donors (Lipinski definition) is 1. The van der Waals surface area contributed by atoms with Crippen molar-refractivity contribution in [1.82, 2.24) is 4.90 Å². The van der Waals surface area contributed by atoms with Gasteiger partial charge in [0.1, 0.15) is 0 Å². The van der Waals surface area contributed by atoms with Crippen LogP contribution in [0.2, 0.25) is 0 Å². The summed E-state index contributed by atoms with van der Waals surface area (Å²) < 4.78 is 0. The van der Waals surface area contributed by atoms with E-state index in [1.54, 1.807) is 0 Å². The summed E-state index contributed by atoms with van der Waals surface area (Å²) in [6, 6.07) is 0. The molecule has 1 rings (SSSR count). The molecular formula is C17H33NO2. The Labute approximate surface area is 124 Å². The largest absolute Gasteiger partial charge is 0.480 e. The van der Waals surface area contributed by atoms with Crippen molar-refractivity contribution < 1.29 is 9.90 Å². The molecule has 0 aliphatic heterocycles. The van der Waals surface area contributed by atoms with Crippen molar-refractivity contribution in [3.63, 3.8) is 0 Å². The maximum Gasteiger partial charge on any atom is 0.317 e. The number of hydrogen-bond acceptors (Lipinski definition) is 2. The molecule has 0 unspecified atom stereocenters. The summed E-state index contributed by atoms with van der Waals surface area (Å²) in [5.74, 6) is 0.761. The fourth-order valence-corrected chi connectivity index (χ4v) is 3.26. The van der Waals surface area contributed by atoms with Crippen molar-refractivity contribution in [2.75, 3.05) is 13.1 Å². The second-order valence-electron chi connectivity index (χ2n) is 8.53. The zero-order chi connectivity index (χ0) is 15.6. The van der Waals surface area contributed by atoms with Gasteiger partial charge in [-0.1, -0.05) is 20.8 Å². The monoisotopic (exact) mass is 283 g/mol. The van der Waals surface area contributed by atoms with Gasteiger partial charge in [-0.3, -0.25) is 9.69 Å². The van der Waals surface area contributed by atoms with Crippen molar-refractivity contribution in [1.29, 1.82) is 0 Å². The van der Waals surface area contributed by atoms with Gasteiger partial charge in [-0.15, -0.1) is 0 Å². The molecule has 0 heterocycles. The van der Waals surface area contributed by atoms with Crippen LogP contribution in [0.15, 0.2) is 0 Å². The average Bonchev–Trinajstić information content (AvgIpc) is 2.25. The Morgan fingerprint density at radius 1 is 1.05 bits per heavy atom. The van der Waals surface area contributed by atoms with Crippen LogP contribution in [-0.2, 0) is 4.79 Å². The van der Waals surface area contributed by atoms with Crippen LogP contribution >= 0.6 is 0 Å². The molecule has 1 fully saturated rings. The molecule has 1 aliphatic carbocycles. The highest BCUT2D eigenvalue weighted by Gasteiger charge is 2.32. The lowest BCUT2D eigenvalue weighted by molar-refractivity contribution is -0.140. The van der Waals surface area contributed by atoms with Crippen LogP contribution < -0.4 is 0 Å². The highest BCUT2D eigenvalue weighted by atomic mass is 16.4. The zero-order valence-corrected chi connectivity index (χ0v) is 14.2. The van der Waals surface area contributed by atoms with E-state index in [1.807, 2.05) is 0 Å². The van der Waals surface area contributed by atoms with Gasteiger partial charge in [0, 0.05) is 12.1 Å². The predicted octanol–water partition coefficient (Wildman–Crippen LogP) is 4.02. The lowest BCUT2D eigenvalue weighted by Crippen LogP contribution is -2.47. The fraction of sp³-hybridized carbons (Fsp3) is 0.941. The van der Waals surface area contributed by atoms with Crippen LogP contribution in [0, 0.1) is 17.3 Å². The SMILES string of the molecule is CC(C)(C)C1CCC(CN(CC(=O)O)C(C)(C)C)CC1. The summed E-state index contributed by atoms with van der Waals surface area (Å²) in [6.07, 6.45) is 5.07. The summed E-state index contributed by atoms with van der Waals surface area (Å²) >= 11 is 0. The van der Waals surface area contributed by atoms with Crippen molar-refractivity contribution in [3.8, 4) is 0 Å². The molecule has 0 atom stereocenters. The molecule has 0 aromatic carbocycles. The van der Waals surface area contributed by atoms with Gasteiger partial charge in [-0.2, -0.15) is 0 Å². The maximum absolute atomic E-state index is 11.0. The zero-order valence-electron chi connectivity index (χ0n) is 14.2. The summed E-state index contributed by atoms with van der Waals surface area (Å²) in [7, 11) is 0. The van der Waals surface area contributed by atoms with Crippen LogP contribution in [0.4, 0.5) is 0 Å². The predicted molar refractivity (Wildman–Crippen MR) is 83.9 cm³/mol. The second-order valence-corrected chi connectivity index (χ2v) is 8.53. The number of carboxylic acids is 1. The van der Waals surface area contributed by atoms with E-state index >= 15 is 0 Å². The van der Waals surface area contributed by atoms with Gasteiger partial charge < -0.3 is 5.11 Å². The number of rotatable bonds is 4. The third kappa shape index (κ3) is 5.43. The molecule has 0 bridgehead atoms. The Morgan fingerprint density at radius 3 is 1.90 bits per heavy atom. The molecule has 20 heavy (non-hydrogen) atoms. The van der Waals surface area contributed by atoms with Gasteiger partial charge in [0.15, 0.2) is 0 Å². The molecular weight excluding hydrogens is 250 g/mol. The lowest BCUT2D eigenvalue weighted by Gasteiger charge is -2.41. The first-order valence-corrected chi connectivity index (χ1v) is 7.97. The summed E-state index contributed by atoms with van der Waals surface area (Å²) in [6.45, 7) is 14.4. The van der Waals surface area contributed by atoms with Gasteiger partial charge in [-0.25, -0.2) is 0 Å². The van der Waals surface area contributed by atoms with Gasteiger partial charge >= 0.3 is 5.97 Å². The van der Waals surface area contributed by atoms with Crippen LogP contribution in [0.1, 0.15) is 67.2 Å². The molecule has 3 nitrogen and oxygen atoms in total. The first-order valence-electron chi connectivity index (χ1n) is 7.97. The summed E-state index contributed by atoms with van der Waals surface area (Å²) in [5.41, 5.74) is 0.342. The van der Waals surface area contributed by atoms with Gasteiger partial charge in [-0.05, 0) is 63.7 Å². The molecule has 0 aromatic rings. The van der Waals surface area contributed by atoms with Crippen molar-refractivity contribution in [3.05, 3.63) is 0 Å².